The third kappa shape index (κ3) is 3.11. The van der Waals surface area contributed by atoms with Crippen molar-refractivity contribution in [1.82, 2.24) is 15.3 Å². The molecule has 4 rings (SSSR count). The number of fused-ring (bicyclic) bond motifs is 3. The van der Waals surface area contributed by atoms with Crippen LogP contribution >= 0.6 is 23.1 Å². The lowest BCUT2D eigenvalue weighted by Gasteiger charge is -2.12. The summed E-state index contributed by atoms with van der Waals surface area (Å²) in [5.74, 6) is 2.04. The highest BCUT2D eigenvalue weighted by molar-refractivity contribution is 8.00. The van der Waals surface area contributed by atoms with Crippen LogP contribution in [0.3, 0.4) is 0 Å². The monoisotopic (exact) mass is 347 g/mol. The average Bonchev–Trinajstić information content (AvgIpc) is 3.17. The van der Waals surface area contributed by atoms with Crippen LogP contribution in [0.15, 0.2) is 5.03 Å². The Balaban J connectivity index is 1.52. The van der Waals surface area contributed by atoms with E-state index in [-0.39, 0.29) is 5.91 Å². The number of hydrogen-bond donors (Lipinski definition) is 1. The Labute approximate surface area is 144 Å². The highest BCUT2D eigenvalue weighted by Gasteiger charge is 2.29. The van der Waals surface area contributed by atoms with Crippen LogP contribution in [0.25, 0.3) is 10.2 Å². The van der Waals surface area contributed by atoms with Crippen LogP contribution in [0.5, 0.6) is 0 Å². The lowest BCUT2D eigenvalue weighted by molar-refractivity contribution is -0.119. The Kier molecular flexibility index (Phi) is 4.05. The molecule has 1 fully saturated rings. The predicted octanol–water partition coefficient (Wildman–Crippen LogP) is 3.50. The number of amides is 1. The van der Waals surface area contributed by atoms with E-state index in [0.717, 1.165) is 22.1 Å². The summed E-state index contributed by atoms with van der Waals surface area (Å²) in [6, 6.07) is 0.306. The molecule has 2 aromatic rings. The number of aromatic nitrogens is 2. The minimum Gasteiger partial charge on any atom is -0.353 e. The molecular formula is C17H21N3OS2. The predicted molar refractivity (Wildman–Crippen MR) is 95.2 cm³/mol. The fraction of sp³-hybridized carbons (Fsp3) is 0.588. The Morgan fingerprint density at radius 1 is 1.39 bits per heavy atom. The first-order valence-corrected chi connectivity index (χ1v) is 10.1. The second kappa shape index (κ2) is 6.06. The minimum absolute atomic E-state index is 0.116. The molecule has 0 aromatic carbocycles. The van der Waals surface area contributed by atoms with Gasteiger partial charge in [0.1, 0.15) is 15.7 Å². The van der Waals surface area contributed by atoms with Crippen LogP contribution in [-0.2, 0) is 17.6 Å². The van der Waals surface area contributed by atoms with Crippen molar-refractivity contribution in [1.29, 1.82) is 0 Å². The van der Waals surface area contributed by atoms with Gasteiger partial charge in [0.2, 0.25) is 5.91 Å². The molecule has 1 saturated carbocycles. The quantitative estimate of drug-likeness (QED) is 0.664. The summed E-state index contributed by atoms with van der Waals surface area (Å²) in [4.78, 5) is 24.0. The topological polar surface area (TPSA) is 54.9 Å². The zero-order valence-corrected chi connectivity index (χ0v) is 15.1. The van der Waals surface area contributed by atoms with Crippen molar-refractivity contribution in [3.63, 3.8) is 0 Å². The van der Waals surface area contributed by atoms with Gasteiger partial charge in [-0.1, -0.05) is 11.8 Å². The number of nitrogens with zero attached hydrogens (tertiary/aromatic N) is 2. The first kappa shape index (κ1) is 15.4. The zero-order chi connectivity index (χ0) is 16.0. The molecule has 23 heavy (non-hydrogen) atoms. The molecule has 2 aliphatic carbocycles. The number of carbonyl (C=O) groups is 1. The number of thioether (sulfide) groups is 1. The highest BCUT2D eigenvalue weighted by atomic mass is 32.2. The van der Waals surface area contributed by atoms with Crippen molar-refractivity contribution in [2.45, 2.75) is 57.0 Å². The van der Waals surface area contributed by atoms with E-state index in [4.69, 9.17) is 0 Å². The zero-order valence-electron chi connectivity index (χ0n) is 13.5. The van der Waals surface area contributed by atoms with Crippen LogP contribution in [0, 0.1) is 12.8 Å². The number of hydrogen-bond acceptors (Lipinski definition) is 5. The summed E-state index contributed by atoms with van der Waals surface area (Å²) in [6.45, 7) is 4.04. The van der Waals surface area contributed by atoms with Crippen molar-refractivity contribution in [2.24, 2.45) is 5.92 Å². The maximum absolute atomic E-state index is 12.2. The van der Waals surface area contributed by atoms with Gasteiger partial charge in [-0.25, -0.2) is 9.97 Å². The molecule has 2 aliphatic rings. The van der Waals surface area contributed by atoms with Crippen molar-refractivity contribution < 1.29 is 4.79 Å². The molecule has 2 heterocycles. The van der Waals surface area contributed by atoms with Crippen molar-refractivity contribution in [3.05, 3.63) is 16.3 Å². The van der Waals surface area contributed by atoms with E-state index in [0.29, 0.717) is 17.7 Å². The van der Waals surface area contributed by atoms with Gasteiger partial charge in [0, 0.05) is 16.3 Å². The number of thiophene rings is 1. The molecule has 0 radical (unpaired) electrons. The molecule has 0 spiro atoms. The summed E-state index contributed by atoms with van der Waals surface area (Å²) in [6.07, 6.45) is 6.02. The number of carbonyl (C=O) groups excluding carboxylic acids is 1. The minimum atomic E-state index is 0.116. The van der Waals surface area contributed by atoms with Gasteiger partial charge < -0.3 is 5.32 Å². The molecule has 1 amide bonds. The van der Waals surface area contributed by atoms with E-state index in [1.54, 1.807) is 23.1 Å². The van der Waals surface area contributed by atoms with Gasteiger partial charge in [0.25, 0.3) is 0 Å². The lowest BCUT2D eigenvalue weighted by Crippen LogP contribution is -2.35. The molecule has 1 N–H and O–H groups in total. The molecule has 2 aromatic heterocycles. The van der Waals surface area contributed by atoms with Crippen LogP contribution in [-0.4, -0.2) is 27.7 Å². The number of rotatable bonds is 5. The van der Waals surface area contributed by atoms with Gasteiger partial charge >= 0.3 is 0 Å². The summed E-state index contributed by atoms with van der Waals surface area (Å²) in [5, 5.41) is 5.32. The first-order valence-electron chi connectivity index (χ1n) is 8.33. The standard InChI is InChI=1S/C17H21N3OS2/c1-9(11-6-7-11)18-14(21)8-22-16-15-12-4-3-5-13(12)23-17(15)20-10(2)19-16/h9,11H,3-8H2,1-2H3,(H,18,21)/t9-/m0/s1. The second-order valence-electron chi connectivity index (χ2n) is 6.60. The number of aryl methyl sites for hydroxylation is 3. The van der Waals surface area contributed by atoms with E-state index in [1.165, 1.54) is 41.5 Å². The van der Waals surface area contributed by atoms with Crippen LogP contribution < -0.4 is 5.32 Å². The normalized spacial score (nSPS) is 18.2. The molecule has 0 bridgehead atoms. The fourth-order valence-corrected chi connectivity index (χ4v) is 5.60. The van der Waals surface area contributed by atoms with Crippen LogP contribution in [0.1, 0.15) is 42.5 Å². The van der Waals surface area contributed by atoms with Gasteiger partial charge in [0.05, 0.1) is 5.75 Å². The van der Waals surface area contributed by atoms with Gasteiger partial charge in [-0.15, -0.1) is 11.3 Å². The summed E-state index contributed by atoms with van der Waals surface area (Å²) >= 11 is 3.37. The summed E-state index contributed by atoms with van der Waals surface area (Å²) in [5.41, 5.74) is 1.43. The largest absolute Gasteiger partial charge is 0.353 e. The van der Waals surface area contributed by atoms with E-state index < -0.39 is 0 Å². The Morgan fingerprint density at radius 3 is 3.00 bits per heavy atom. The maximum atomic E-state index is 12.2. The van der Waals surface area contributed by atoms with E-state index in [1.807, 2.05) is 6.92 Å². The summed E-state index contributed by atoms with van der Waals surface area (Å²) < 4.78 is 0. The summed E-state index contributed by atoms with van der Waals surface area (Å²) in [7, 11) is 0. The number of nitrogens with one attached hydrogen (secondary N) is 1. The lowest BCUT2D eigenvalue weighted by atomic mass is 10.2. The molecule has 0 unspecified atom stereocenters. The van der Waals surface area contributed by atoms with Crippen LogP contribution in [0.4, 0.5) is 0 Å². The SMILES string of the molecule is Cc1nc(SCC(=O)N[C@@H](C)C2CC2)c2c3c(sc2n1)CCC3. The Bertz CT molecular complexity index is 767. The van der Waals surface area contributed by atoms with E-state index in [9.17, 15) is 4.79 Å². The molecule has 0 saturated heterocycles. The Morgan fingerprint density at radius 2 is 2.22 bits per heavy atom. The first-order chi connectivity index (χ1) is 11.1. The fourth-order valence-electron chi connectivity index (χ4n) is 3.31. The molecule has 6 heteroatoms. The second-order valence-corrected chi connectivity index (χ2v) is 8.64. The average molecular weight is 348 g/mol. The molecular weight excluding hydrogens is 326 g/mol. The van der Waals surface area contributed by atoms with Gasteiger partial charge in [-0.2, -0.15) is 0 Å². The van der Waals surface area contributed by atoms with Gasteiger partial charge in [-0.3, -0.25) is 4.79 Å². The van der Waals surface area contributed by atoms with Crippen molar-refractivity contribution >= 4 is 39.2 Å². The Hall–Kier alpha value is -1.14. The third-order valence-corrected chi connectivity index (χ3v) is 6.86. The smallest absolute Gasteiger partial charge is 0.230 e. The van der Waals surface area contributed by atoms with E-state index >= 15 is 0 Å². The maximum Gasteiger partial charge on any atom is 0.230 e. The van der Waals surface area contributed by atoms with Crippen molar-refractivity contribution in [3.8, 4) is 0 Å². The van der Waals surface area contributed by atoms with Crippen molar-refractivity contribution in [2.75, 3.05) is 5.75 Å². The van der Waals surface area contributed by atoms with E-state index in [2.05, 4.69) is 22.2 Å². The molecule has 4 nitrogen and oxygen atoms in total. The van der Waals surface area contributed by atoms with Crippen LogP contribution in [0.2, 0.25) is 0 Å². The molecule has 1 atom stereocenters. The molecule has 0 aliphatic heterocycles. The molecule has 122 valence electrons. The van der Waals surface area contributed by atoms with Gasteiger partial charge in [-0.05, 0) is 57.4 Å². The van der Waals surface area contributed by atoms with Gasteiger partial charge in [0.15, 0.2) is 0 Å². The highest BCUT2D eigenvalue weighted by Crippen LogP contribution is 2.40. The third-order valence-electron chi connectivity index (χ3n) is 4.70.